The Morgan fingerprint density at radius 1 is 1.44 bits per heavy atom. The van der Waals surface area contributed by atoms with Gasteiger partial charge in [-0.3, -0.25) is 0 Å². The van der Waals surface area contributed by atoms with Gasteiger partial charge in [-0.15, -0.1) is 0 Å². The Morgan fingerprint density at radius 3 is 2.89 bits per heavy atom. The predicted molar refractivity (Wildman–Crippen MR) is 72.8 cm³/mol. The molecule has 0 radical (unpaired) electrons. The Kier molecular flexibility index (Phi) is 5.17. The Morgan fingerprint density at radius 2 is 2.28 bits per heavy atom. The van der Waals surface area contributed by atoms with E-state index < -0.39 is 0 Å². The van der Waals surface area contributed by atoms with Gasteiger partial charge in [0, 0.05) is 6.54 Å². The van der Waals surface area contributed by atoms with Gasteiger partial charge in [-0.25, -0.2) is 0 Å². The van der Waals surface area contributed by atoms with Crippen molar-refractivity contribution < 1.29 is 9.47 Å². The van der Waals surface area contributed by atoms with Crippen molar-refractivity contribution in [3.63, 3.8) is 0 Å². The molecule has 0 bridgehead atoms. The molecule has 1 aromatic carbocycles. The molecular weight excluding hydrogens is 226 g/mol. The number of ether oxygens (including phenoxy) is 2. The minimum absolute atomic E-state index is 0.130. The Labute approximate surface area is 109 Å². The van der Waals surface area contributed by atoms with Crippen molar-refractivity contribution in [1.29, 1.82) is 0 Å². The molecule has 1 unspecified atom stereocenters. The fourth-order valence-corrected chi connectivity index (χ4v) is 2.05. The molecule has 1 heterocycles. The average molecular weight is 249 g/mol. The molecule has 100 valence electrons. The van der Waals surface area contributed by atoms with Crippen molar-refractivity contribution >= 4 is 0 Å². The minimum atomic E-state index is 0.130. The molecule has 0 aromatic heterocycles. The van der Waals surface area contributed by atoms with Gasteiger partial charge in [-0.2, -0.15) is 0 Å². The van der Waals surface area contributed by atoms with Crippen LogP contribution in [0.5, 0.6) is 0 Å². The first-order valence-electron chi connectivity index (χ1n) is 6.80. The lowest BCUT2D eigenvalue weighted by atomic mass is 10.1. The summed E-state index contributed by atoms with van der Waals surface area (Å²) in [6, 6.07) is 8.56. The molecule has 0 aliphatic carbocycles. The quantitative estimate of drug-likeness (QED) is 0.753. The lowest BCUT2D eigenvalue weighted by Gasteiger charge is -2.31. The molecule has 1 fully saturated rings. The fourth-order valence-electron chi connectivity index (χ4n) is 2.05. The molecule has 1 aliphatic heterocycles. The highest BCUT2D eigenvalue weighted by atomic mass is 16.6. The van der Waals surface area contributed by atoms with E-state index in [1.807, 2.05) is 0 Å². The van der Waals surface area contributed by atoms with Crippen LogP contribution in [0.4, 0.5) is 0 Å². The molecule has 3 heteroatoms. The topological polar surface area (TPSA) is 30.5 Å². The third kappa shape index (κ3) is 3.80. The van der Waals surface area contributed by atoms with Crippen LogP contribution in [0.2, 0.25) is 0 Å². The molecule has 3 nitrogen and oxygen atoms in total. The standard InChI is InChI=1S/C15H23NO2/c1-3-7-16-9-15(18-14-10-17-11-14)13-6-4-5-12(2)8-13/h4-6,8,14-16H,3,7,9-11H2,1-2H3. The average Bonchev–Trinajstić information content (AvgIpc) is 2.31. The van der Waals surface area contributed by atoms with Gasteiger partial charge in [-0.1, -0.05) is 36.8 Å². The van der Waals surface area contributed by atoms with Gasteiger partial charge in [0.05, 0.1) is 19.3 Å². The number of hydrogen-bond donors (Lipinski definition) is 1. The third-order valence-electron chi connectivity index (χ3n) is 3.13. The maximum Gasteiger partial charge on any atom is 0.105 e. The normalized spacial score (nSPS) is 17.4. The Bertz CT molecular complexity index is 363. The van der Waals surface area contributed by atoms with E-state index in [1.165, 1.54) is 11.1 Å². The van der Waals surface area contributed by atoms with Crippen LogP contribution in [-0.4, -0.2) is 32.4 Å². The van der Waals surface area contributed by atoms with E-state index in [2.05, 4.69) is 43.4 Å². The van der Waals surface area contributed by atoms with Crippen molar-refractivity contribution in [2.45, 2.75) is 32.5 Å². The zero-order chi connectivity index (χ0) is 12.8. The summed E-state index contributed by atoms with van der Waals surface area (Å²) in [4.78, 5) is 0. The molecule has 1 aliphatic rings. The first-order valence-corrected chi connectivity index (χ1v) is 6.80. The van der Waals surface area contributed by atoms with Crippen LogP contribution >= 0.6 is 0 Å². The molecule has 1 atom stereocenters. The third-order valence-corrected chi connectivity index (χ3v) is 3.13. The molecule has 0 spiro atoms. The molecule has 1 N–H and O–H groups in total. The summed E-state index contributed by atoms with van der Waals surface area (Å²) in [5.74, 6) is 0. The molecular formula is C15H23NO2. The number of hydrogen-bond acceptors (Lipinski definition) is 3. The van der Waals surface area contributed by atoms with Crippen molar-refractivity contribution in [3.05, 3.63) is 35.4 Å². The number of aryl methyl sites for hydroxylation is 1. The second-order valence-corrected chi connectivity index (χ2v) is 4.90. The van der Waals surface area contributed by atoms with Gasteiger partial charge in [0.25, 0.3) is 0 Å². The maximum atomic E-state index is 6.09. The summed E-state index contributed by atoms with van der Waals surface area (Å²) in [6.07, 6.45) is 1.54. The van der Waals surface area contributed by atoms with E-state index in [0.717, 1.165) is 32.7 Å². The van der Waals surface area contributed by atoms with Crippen LogP contribution in [0.3, 0.4) is 0 Å². The highest BCUT2D eigenvalue weighted by Crippen LogP contribution is 2.22. The predicted octanol–water partition coefficient (Wildman–Crippen LogP) is 2.45. The fraction of sp³-hybridized carbons (Fsp3) is 0.600. The molecule has 0 amide bonds. The van der Waals surface area contributed by atoms with E-state index in [-0.39, 0.29) is 12.2 Å². The smallest absolute Gasteiger partial charge is 0.105 e. The minimum Gasteiger partial charge on any atom is -0.376 e. The zero-order valence-corrected chi connectivity index (χ0v) is 11.3. The maximum absolute atomic E-state index is 6.09. The van der Waals surface area contributed by atoms with E-state index in [4.69, 9.17) is 9.47 Å². The van der Waals surface area contributed by atoms with Crippen molar-refractivity contribution in [2.24, 2.45) is 0 Å². The van der Waals surface area contributed by atoms with E-state index in [9.17, 15) is 0 Å². The molecule has 0 saturated carbocycles. The second-order valence-electron chi connectivity index (χ2n) is 4.90. The highest BCUT2D eigenvalue weighted by molar-refractivity contribution is 5.24. The number of benzene rings is 1. The van der Waals surface area contributed by atoms with Gasteiger partial charge in [0.1, 0.15) is 6.10 Å². The molecule has 1 aromatic rings. The van der Waals surface area contributed by atoms with E-state index >= 15 is 0 Å². The lowest BCUT2D eigenvalue weighted by molar-refractivity contribution is -0.155. The van der Waals surface area contributed by atoms with Crippen LogP contribution < -0.4 is 5.32 Å². The van der Waals surface area contributed by atoms with Crippen LogP contribution in [0.1, 0.15) is 30.6 Å². The largest absolute Gasteiger partial charge is 0.376 e. The Hall–Kier alpha value is -0.900. The summed E-state index contributed by atoms with van der Waals surface area (Å²) in [6.45, 7) is 7.66. The SMILES string of the molecule is CCCNCC(OC1COC1)c1cccc(C)c1. The summed E-state index contributed by atoms with van der Waals surface area (Å²) in [7, 11) is 0. The van der Waals surface area contributed by atoms with Crippen molar-refractivity contribution in [2.75, 3.05) is 26.3 Å². The summed E-state index contributed by atoms with van der Waals surface area (Å²) in [5.41, 5.74) is 2.53. The molecule has 18 heavy (non-hydrogen) atoms. The van der Waals surface area contributed by atoms with Gasteiger partial charge >= 0.3 is 0 Å². The summed E-state index contributed by atoms with van der Waals surface area (Å²) < 4.78 is 11.3. The molecule has 2 rings (SSSR count). The first kappa shape index (κ1) is 13.5. The molecule has 1 saturated heterocycles. The first-order chi connectivity index (χ1) is 8.79. The number of rotatable bonds is 7. The number of nitrogens with one attached hydrogen (secondary N) is 1. The van der Waals surface area contributed by atoms with Gasteiger partial charge in [-0.05, 0) is 25.5 Å². The monoisotopic (exact) mass is 249 g/mol. The van der Waals surface area contributed by atoms with Crippen LogP contribution in [0.25, 0.3) is 0 Å². The van der Waals surface area contributed by atoms with Crippen LogP contribution in [0, 0.1) is 6.92 Å². The second kappa shape index (κ2) is 6.88. The van der Waals surface area contributed by atoms with E-state index in [0.29, 0.717) is 0 Å². The zero-order valence-electron chi connectivity index (χ0n) is 11.3. The van der Waals surface area contributed by atoms with Gasteiger partial charge in [0.2, 0.25) is 0 Å². The lowest BCUT2D eigenvalue weighted by Crippen LogP contribution is -2.39. The van der Waals surface area contributed by atoms with Crippen LogP contribution in [0.15, 0.2) is 24.3 Å². The summed E-state index contributed by atoms with van der Waals surface area (Å²) in [5, 5.41) is 3.44. The van der Waals surface area contributed by atoms with Crippen molar-refractivity contribution in [1.82, 2.24) is 5.32 Å². The summed E-state index contributed by atoms with van der Waals surface area (Å²) >= 11 is 0. The van der Waals surface area contributed by atoms with Gasteiger partial charge < -0.3 is 14.8 Å². The van der Waals surface area contributed by atoms with Gasteiger partial charge in [0.15, 0.2) is 0 Å². The highest BCUT2D eigenvalue weighted by Gasteiger charge is 2.24. The Balaban J connectivity index is 1.97. The van der Waals surface area contributed by atoms with Crippen molar-refractivity contribution in [3.8, 4) is 0 Å². The van der Waals surface area contributed by atoms with E-state index in [1.54, 1.807) is 0 Å². The van der Waals surface area contributed by atoms with Crippen LogP contribution in [-0.2, 0) is 9.47 Å².